The smallest absolute Gasteiger partial charge is 0.410 e. The molecule has 1 heterocycles. The molecule has 1 aliphatic heterocycles. The van der Waals surface area contributed by atoms with Gasteiger partial charge in [0.2, 0.25) is 0 Å². The standard InChI is InChI=1S/C16H20BrNO2/c1-11(2)10-15-8-9-18(16(19)20-15)12(3)13-4-6-14(17)7-5-13/h4-7,12,15H,1,8-10H2,2-3H3/t12-,15-/m0/s1. The molecule has 2 rings (SSSR count). The number of amides is 1. The molecule has 3 nitrogen and oxygen atoms in total. The lowest BCUT2D eigenvalue weighted by Crippen LogP contribution is -2.43. The number of halogens is 1. The van der Waals surface area contributed by atoms with Gasteiger partial charge in [0.1, 0.15) is 6.10 Å². The highest BCUT2D eigenvalue weighted by molar-refractivity contribution is 9.10. The van der Waals surface area contributed by atoms with Crippen LogP contribution in [-0.2, 0) is 4.74 Å². The van der Waals surface area contributed by atoms with E-state index in [0.29, 0.717) is 0 Å². The maximum Gasteiger partial charge on any atom is 0.410 e. The molecular formula is C16H20BrNO2. The molecule has 1 aromatic carbocycles. The van der Waals surface area contributed by atoms with Gasteiger partial charge in [0, 0.05) is 23.9 Å². The minimum absolute atomic E-state index is 0.0200. The third-order valence-electron chi connectivity index (χ3n) is 3.59. The Hall–Kier alpha value is -1.29. The van der Waals surface area contributed by atoms with Crippen molar-refractivity contribution in [2.75, 3.05) is 6.54 Å². The van der Waals surface area contributed by atoms with Crippen molar-refractivity contribution in [2.24, 2.45) is 0 Å². The molecule has 2 atom stereocenters. The second-order valence-electron chi connectivity index (χ2n) is 5.38. The number of carbonyl (C=O) groups is 1. The van der Waals surface area contributed by atoms with Crippen molar-refractivity contribution in [2.45, 2.75) is 38.8 Å². The normalized spacial score (nSPS) is 20.4. The molecule has 0 aromatic heterocycles. The summed E-state index contributed by atoms with van der Waals surface area (Å²) in [5, 5.41) is 0. The summed E-state index contributed by atoms with van der Waals surface area (Å²) in [6.07, 6.45) is 1.37. The number of hydrogen-bond donors (Lipinski definition) is 0. The monoisotopic (exact) mass is 337 g/mol. The largest absolute Gasteiger partial charge is 0.446 e. The fourth-order valence-corrected chi connectivity index (χ4v) is 2.71. The molecule has 0 bridgehead atoms. The van der Waals surface area contributed by atoms with Crippen molar-refractivity contribution in [1.29, 1.82) is 0 Å². The fourth-order valence-electron chi connectivity index (χ4n) is 2.45. The van der Waals surface area contributed by atoms with Gasteiger partial charge in [-0.15, -0.1) is 6.58 Å². The number of nitrogens with zero attached hydrogens (tertiary/aromatic N) is 1. The molecule has 0 N–H and O–H groups in total. The van der Waals surface area contributed by atoms with Gasteiger partial charge in [-0.3, -0.25) is 0 Å². The molecule has 4 heteroatoms. The van der Waals surface area contributed by atoms with Gasteiger partial charge in [0.15, 0.2) is 0 Å². The lowest BCUT2D eigenvalue weighted by Gasteiger charge is -2.36. The van der Waals surface area contributed by atoms with Crippen LogP contribution in [0, 0.1) is 0 Å². The number of hydrogen-bond acceptors (Lipinski definition) is 2. The van der Waals surface area contributed by atoms with Crippen LogP contribution in [0.4, 0.5) is 4.79 Å². The van der Waals surface area contributed by atoms with E-state index < -0.39 is 0 Å². The van der Waals surface area contributed by atoms with Crippen LogP contribution >= 0.6 is 15.9 Å². The SMILES string of the molecule is C=C(C)C[C@@H]1CCN([C@@H](C)c2ccc(Br)cc2)C(=O)O1. The van der Waals surface area contributed by atoms with Crippen LogP contribution in [0.2, 0.25) is 0 Å². The Balaban J connectivity index is 2.01. The Morgan fingerprint density at radius 2 is 2.15 bits per heavy atom. The van der Waals surface area contributed by atoms with E-state index in [-0.39, 0.29) is 18.2 Å². The summed E-state index contributed by atoms with van der Waals surface area (Å²) >= 11 is 3.42. The second kappa shape index (κ2) is 6.44. The predicted molar refractivity (Wildman–Crippen MR) is 83.6 cm³/mol. The first-order valence-corrected chi connectivity index (χ1v) is 7.63. The summed E-state index contributed by atoms with van der Waals surface area (Å²) in [7, 11) is 0. The van der Waals surface area contributed by atoms with Crippen LogP contribution in [0.1, 0.15) is 38.3 Å². The van der Waals surface area contributed by atoms with Crippen LogP contribution in [0.5, 0.6) is 0 Å². The second-order valence-corrected chi connectivity index (χ2v) is 6.29. The summed E-state index contributed by atoms with van der Waals surface area (Å²) in [6.45, 7) is 8.60. The van der Waals surface area contributed by atoms with Crippen LogP contribution < -0.4 is 0 Å². The van der Waals surface area contributed by atoms with Gasteiger partial charge >= 0.3 is 6.09 Å². The van der Waals surface area contributed by atoms with Crippen molar-refractivity contribution in [3.8, 4) is 0 Å². The third kappa shape index (κ3) is 3.63. The van der Waals surface area contributed by atoms with Gasteiger partial charge in [-0.2, -0.15) is 0 Å². The maximum absolute atomic E-state index is 12.1. The molecule has 0 saturated carbocycles. The van der Waals surface area contributed by atoms with E-state index in [0.717, 1.165) is 35.0 Å². The molecule has 0 aliphatic carbocycles. The average Bonchev–Trinajstić information content (AvgIpc) is 2.38. The Morgan fingerprint density at radius 3 is 2.70 bits per heavy atom. The molecule has 0 spiro atoms. The lowest BCUT2D eigenvalue weighted by molar-refractivity contribution is 0.0137. The molecule has 1 fully saturated rings. The van der Waals surface area contributed by atoms with E-state index in [9.17, 15) is 4.79 Å². The molecule has 108 valence electrons. The van der Waals surface area contributed by atoms with E-state index in [1.807, 2.05) is 38.1 Å². The first kappa shape index (κ1) is 15.1. The summed E-state index contributed by atoms with van der Waals surface area (Å²) in [5.41, 5.74) is 2.17. The number of rotatable bonds is 4. The Morgan fingerprint density at radius 1 is 1.50 bits per heavy atom. The van der Waals surface area contributed by atoms with Crippen molar-refractivity contribution >= 4 is 22.0 Å². The highest BCUT2D eigenvalue weighted by atomic mass is 79.9. The van der Waals surface area contributed by atoms with Gasteiger partial charge < -0.3 is 9.64 Å². The van der Waals surface area contributed by atoms with E-state index >= 15 is 0 Å². The van der Waals surface area contributed by atoms with Crippen molar-refractivity contribution in [3.63, 3.8) is 0 Å². The Labute approximate surface area is 128 Å². The minimum Gasteiger partial charge on any atom is -0.446 e. The third-order valence-corrected chi connectivity index (χ3v) is 4.12. The zero-order valence-corrected chi connectivity index (χ0v) is 13.5. The Kier molecular flexibility index (Phi) is 4.86. The topological polar surface area (TPSA) is 29.5 Å². The summed E-state index contributed by atoms with van der Waals surface area (Å²) in [5.74, 6) is 0. The fraction of sp³-hybridized carbons (Fsp3) is 0.438. The Bertz CT molecular complexity index is 498. The summed E-state index contributed by atoms with van der Waals surface area (Å²) in [6, 6.07) is 8.07. The lowest BCUT2D eigenvalue weighted by atomic mass is 10.0. The predicted octanol–water partition coefficient (Wildman–Crippen LogP) is 4.69. The van der Waals surface area contributed by atoms with Crippen LogP contribution in [0.15, 0.2) is 40.9 Å². The molecule has 1 amide bonds. The van der Waals surface area contributed by atoms with Crippen molar-refractivity contribution in [1.82, 2.24) is 4.90 Å². The molecule has 1 aromatic rings. The number of benzene rings is 1. The summed E-state index contributed by atoms with van der Waals surface area (Å²) in [4.78, 5) is 13.9. The molecule has 1 aliphatic rings. The quantitative estimate of drug-likeness (QED) is 0.746. The van der Waals surface area contributed by atoms with Gasteiger partial charge in [-0.25, -0.2) is 4.79 Å². The van der Waals surface area contributed by atoms with Crippen LogP contribution in [0.25, 0.3) is 0 Å². The molecule has 0 radical (unpaired) electrons. The summed E-state index contributed by atoms with van der Waals surface area (Å²) < 4.78 is 6.53. The van der Waals surface area contributed by atoms with Crippen molar-refractivity contribution in [3.05, 3.63) is 46.5 Å². The van der Waals surface area contributed by atoms with Gasteiger partial charge in [-0.1, -0.05) is 33.6 Å². The highest BCUT2D eigenvalue weighted by Gasteiger charge is 2.30. The number of ether oxygens (including phenoxy) is 1. The zero-order chi connectivity index (χ0) is 14.7. The van der Waals surface area contributed by atoms with E-state index in [1.54, 1.807) is 4.90 Å². The van der Waals surface area contributed by atoms with Crippen LogP contribution in [-0.4, -0.2) is 23.6 Å². The first-order chi connectivity index (χ1) is 9.47. The molecular weight excluding hydrogens is 318 g/mol. The first-order valence-electron chi connectivity index (χ1n) is 6.84. The van der Waals surface area contributed by atoms with Gasteiger partial charge in [-0.05, 0) is 31.5 Å². The molecule has 1 saturated heterocycles. The van der Waals surface area contributed by atoms with Crippen molar-refractivity contribution < 1.29 is 9.53 Å². The van der Waals surface area contributed by atoms with E-state index in [4.69, 9.17) is 4.74 Å². The van der Waals surface area contributed by atoms with E-state index in [1.165, 1.54) is 0 Å². The maximum atomic E-state index is 12.1. The highest BCUT2D eigenvalue weighted by Crippen LogP contribution is 2.27. The molecule has 0 unspecified atom stereocenters. The number of carbonyl (C=O) groups excluding carboxylic acids is 1. The van der Waals surface area contributed by atoms with Gasteiger partial charge in [0.05, 0.1) is 6.04 Å². The minimum atomic E-state index is -0.224. The van der Waals surface area contributed by atoms with Crippen LogP contribution in [0.3, 0.4) is 0 Å². The zero-order valence-electron chi connectivity index (χ0n) is 11.9. The number of cyclic esters (lactones) is 1. The van der Waals surface area contributed by atoms with E-state index in [2.05, 4.69) is 22.5 Å². The van der Waals surface area contributed by atoms with Gasteiger partial charge in [0.25, 0.3) is 0 Å². The molecule has 20 heavy (non-hydrogen) atoms. The average molecular weight is 338 g/mol.